The second kappa shape index (κ2) is 6.77. The number of nitro groups is 1. The predicted octanol–water partition coefficient (Wildman–Crippen LogP) is 3.35. The van der Waals surface area contributed by atoms with Crippen LogP contribution in [-0.2, 0) is 0 Å². The Morgan fingerprint density at radius 2 is 2.00 bits per heavy atom. The third kappa shape index (κ3) is 3.56. The fraction of sp³-hybridized carbons (Fsp3) is 0.0667. The first-order valence-electron chi connectivity index (χ1n) is 6.20. The predicted molar refractivity (Wildman–Crippen MR) is 80.8 cm³/mol. The summed E-state index contributed by atoms with van der Waals surface area (Å²) in [5.74, 6) is -0.625. The number of halogens is 1. The topological polar surface area (TPSA) is 102 Å². The molecule has 0 N–H and O–H groups in total. The molecule has 0 unspecified atom stereocenters. The normalized spacial score (nSPS) is 9.78. The van der Waals surface area contributed by atoms with Gasteiger partial charge in [0.05, 0.1) is 34.3 Å². The molecule has 7 nitrogen and oxygen atoms in total. The van der Waals surface area contributed by atoms with Gasteiger partial charge in [0.25, 0.3) is 5.69 Å². The molecule has 116 valence electrons. The number of carbonyl (C=O) groups excluding carboxylic acids is 1. The molecule has 0 radical (unpaired) electrons. The van der Waals surface area contributed by atoms with E-state index in [9.17, 15) is 14.9 Å². The molecule has 2 aromatic rings. The zero-order valence-electron chi connectivity index (χ0n) is 11.8. The lowest BCUT2D eigenvalue weighted by Gasteiger charge is -2.10. The molecule has 0 atom stereocenters. The number of hydrogen-bond acceptors (Lipinski definition) is 6. The molecule has 23 heavy (non-hydrogen) atoms. The van der Waals surface area contributed by atoms with E-state index >= 15 is 0 Å². The number of hydrogen-bond donors (Lipinski definition) is 0. The highest BCUT2D eigenvalue weighted by atomic mass is 35.5. The third-order valence-electron chi connectivity index (χ3n) is 2.88. The second-order valence-corrected chi connectivity index (χ2v) is 4.70. The smallest absolute Gasteiger partial charge is 0.345 e. The van der Waals surface area contributed by atoms with Gasteiger partial charge in [-0.25, -0.2) is 4.79 Å². The third-order valence-corrected chi connectivity index (χ3v) is 3.21. The number of nitro benzene ring substituents is 1. The van der Waals surface area contributed by atoms with Crippen molar-refractivity contribution in [1.82, 2.24) is 0 Å². The number of methoxy groups -OCH3 is 1. The van der Waals surface area contributed by atoms with Crippen LogP contribution in [0.25, 0.3) is 0 Å². The van der Waals surface area contributed by atoms with E-state index in [1.54, 1.807) is 0 Å². The van der Waals surface area contributed by atoms with E-state index in [0.717, 1.165) is 6.07 Å². The summed E-state index contributed by atoms with van der Waals surface area (Å²) in [6.45, 7) is 0. The number of nitriles is 1. The Morgan fingerprint density at radius 3 is 2.61 bits per heavy atom. The molecule has 0 saturated heterocycles. The maximum atomic E-state index is 12.2. The van der Waals surface area contributed by atoms with Crippen LogP contribution in [0.2, 0.25) is 5.02 Å². The van der Waals surface area contributed by atoms with Gasteiger partial charge in [-0.05, 0) is 18.2 Å². The van der Waals surface area contributed by atoms with Crippen molar-refractivity contribution < 1.29 is 19.2 Å². The molecule has 0 heterocycles. The van der Waals surface area contributed by atoms with E-state index < -0.39 is 10.9 Å². The molecular formula is C15H9ClN2O5. The van der Waals surface area contributed by atoms with Crippen LogP contribution < -0.4 is 9.47 Å². The van der Waals surface area contributed by atoms with Gasteiger partial charge in [-0.1, -0.05) is 11.6 Å². The van der Waals surface area contributed by atoms with Crippen LogP contribution >= 0.6 is 11.6 Å². The van der Waals surface area contributed by atoms with E-state index in [4.69, 9.17) is 26.3 Å². The van der Waals surface area contributed by atoms with Gasteiger partial charge in [0.1, 0.15) is 0 Å². The van der Waals surface area contributed by atoms with Crippen molar-refractivity contribution in [2.45, 2.75) is 0 Å². The van der Waals surface area contributed by atoms with Crippen molar-refractivity contribution in [3.63, 3.8) is 0 Å². The summed E-state index contributed by atoms with van der Waals surface area (Å²) in [7, 11) is 1.36. The molecule has 2 rings (SSSR count). The average molecular weight is 333 g/mol. The minimum absolute atomic E-state index is 0.0215. The van der Waals surface area contributed by atoms with E-state index in [1.165, 1.54) is 37.4 Å². The van der Waals surface area contributed by atoms with Gasteiger partial charge in [0.15, 0.2) is 11.5 Å². The molecule has 2 aromatic carbocycles. The largest absolute Gasteiger partial charge is 0.493 e. The molecule has 0 aliphatic rings. The zero-order valence-corrected chi connectivity index (χ0v) is 12.5. The van der Waals surface area contributed by atoms with E-state index in [1.807, 2.05) is 6.07 Å². The first kappa shape index (κ1) is 16.3. The van der Waals surface area contributed by atoms with Crippen molar-refractivity contribution in [2.75, 3.05) is 7.11 Å². The van der Waals surface area contributed by atoms with Crippen molar-refractivity contribution in [1.29, 1.82) is 5.26 Å². The van der Waals surface area contributed by atoms with Crippen LogP contribution in [0, 0.1) is 21.4 Å². The Balaban J connectivity index is 2.35. The summed E-state index contributed by atoms with van der Waals surface area (Å²) in [4.78, 5) is 22.3. The molecule has 0 aliphatic heterocycles. The number of benzene rings is 2. The summed E-state index contributed by atoms with van der Waals surface area (Å²) in [6.07, 6.45) is 0. The minimum Gasteiger partial charge on any atom is -0.493 e. The van der Waals surface area contributed by atoms with Crippen LogP contribution in [0.4, 0.5) is 5.69 Å². The van der Waals surface area contributed by atoms with Crippen LogP contribution in [0.15, 0.2) is 36.4 Å². The number of ether oxygens (including phenoxy) is 2. The van der Waals surface area contributed by atoms with Crippen molar-refractivity contribution >= 4 is 23.3 Å². The van der Waals surface area contributed by atoms with Gasteiger partial charge in [0, 0.05) is 18.2 Å². The van der Waals surface area contributed by atoms with Gasteiger partial charge in [0.2, 0.25) is 0 Å². The molecule has 0 saturated carbocycles. The monoisotopic (exact) mass is 332 g/mol. The van der Waals surface area contributed by atoms with E-state index in [-0.39, 0.29) is 27.8 Å². The molecular weight excluding hydrogens is 324 g/mol. The number of nitrogens with zero attached hydrogens (tertiary/aromatic N) is 2. The van der Waals surface area contributed by atoms with Crippen LogP contribution in [0.3, 0.4) is 0 Å². The van der Waals surface area contributed by atoms with Crippen molar-refractivity contribution in [3.05, 3.63) is 62.7 Å². The Morgan fingerprint density at radius 1 is 1.26 bits per heavy atom. The summed E-state index contributed by atoms with van der Waals surface area (Å²) in [5, 5.41) is 19.6. The lowest BCUT2D eigenvalue weighted by Crippen LogP contribution is -2.10. The maximum Gasteiger partial charge on any atom is 0.345 e. The summed E-state index contributed by atoms with van der Waals surface area (Å²) < 4.78 is 10.2. The quantitative estimate of drug-likeness (QED) is 0.368. The molecule has 8 heteroatoms. The molecule has 0 aliphatic carbocycles. The standard InChI is InChI=1S/C15H9ClN2O5/c1-22-14-6-9(8-17)2-5-13(14)23-15(19)11-7-10(18(20)21)3-4-12(11)16/h2-7H,1H3. The Kier molecular flexibility index (Phi) is 4.79. The van der Waals surface area contributed by atoms with E-state index in [0.29, 0.717) is 5.56 Å². The van der Waals surface area contributed by atoms with Gasteiger partial charge in [-0.2, -0.15) is 5.26 Å². The van der Waals surface area contributed by atoms with Crippen LogP contribution in [-0.4, -0.2) is 18.0 Å². The van der Waals surface area contributed by atoms with Crippen LogP contribution in [0.5, 0.6) is 11.5 Å². The Hall–Kier alpha value is -3.11. The van der Waals surface area contributed by atoms with E-state index in [2.05, 4.69) is 0 Å². The Labute approximate surface area is 135 Å². The second-order valence-electron chi connectivity index (χ2n) is 4.29. The fourth-order valence-electron chi connectivity index (χ4n) is 1.76. The molecule has 0 bridgehead atoms. The minimum atomic E-state index is -0.873. The summed E-state index contributed by atoms with van der Waals surface area (Å²) >= 11 is 5.89. The molecule has 0 spiro atoms. The van der Waals surface area contributed by atoms with Crippen LogP contribution in [0.1, 0.15) is 15.9 Å². The first-order valence-corrected chi connectivity index (χ1v) is 6.58. The fourth-order valence-corrected chi connectivity index (χ4v) is 1.95. The highest BCUT2D eigenvalue weighted by molar-refractivity contribution is 6.33. The van der Waals surface area contributed by atoms with Gasteiger partial charge in [-0.3, -0.25) is 10.1 Å². The van der Waals surface area contributed by atoms with Crippen molar-refractivity contribution in [2.24, 2.45) is 0 Å². The van der Waals surface area contributed by atoms with Gasteiger partial charge >= 0.3 is 5.97 Å². The number of esters is 1. The highest BCUT2D eigenvalue weighted by Gasteiger charge is 2.19. The molecule has 0 aromatic heterocycles. The zero-order chi connectivity index (χ0) is 17.0. The number of rotatable bonds is 4. The lowest BCUT2D eigenvalue weighted by molar-refractivity contribution is -0.384. The lowest BCUT2D eigenvalue weighted by atomic mass is 10.2. The summed E-state index contributed by atoms with van der Waals surface area (Å²) in [6, 6.07) is 9.61. The SMILES string of the molecule is COc1cc(C#N)ccc1OC(=O)c1cc([N+](=O)[O-])ccc1Cl. The molecule has 0 amide bonds. The van der Waals surface area contributed by atoms with Gasteiger partial charge in [-0.15, -0.1) is 0 Å². The molecule has 0 fully saturated rings. The maximum absolute atomic E-state index is 12.2. The number of carbonyl (C=O) groups is 1. The van der Waals surface area contributed by atoms with Crippen molar-refractivity contribution in [3.8, 4) is 17.6 Å². The first-order chi connectivity index (χ1) is 11.0. The average Bonchev–Trinajstić information content (AvgIpc) is 2.55. The highest BCUT2D eigenvalue weighted by Crippen LogP contribution is 2.30. The number of non-ortho nitro benzene ring substituents is 1. The van der Waals surface area contributed by atoms with Gasteiger partial charge < -0.3 is 9.47 Å². The Bertz CT molecular complexity index is 829. The summed E-state index contributed by atoms with van der Waals surface area (Å²) in [5.41, 5.74) is -0.101.